The molecule has 4 nitrogen and oxygen atoms in total. The number of rotatable bonds is 2. The Morgan fingerprint density at radius 2 is 2.12 bits per heavy atom. The van der Waals surface area contributed by atoms with Gasteiger partial charge in [0.25, 0.3) is 0 Å². The van der Waals surface area contributed by atoms with Crippen LogP contribution in [0.25, 0.3) is 0 Å². The first-order valence-electron chi connectivity index (χ1n) is 5.74. The van der Waals surface area contributed by atoms with E-state index in [1.54, 1.807) is 11.8 Å². The summed E-state index contributed by atoms with van der Waals surface area (Å²) in [5, 5.41) is 1.65. The molecule has 0 spiro atoms. The highest BCUT2D eigenvalue weighted by Crippen LogP contribution is 2.25. The van der Waals surface area contributed by atoms with Crippen molar-refractivity contribution >= 4 is 23.5 Å². The topological polar surface area (TPSA) is 49.4 Å². The molecule has 0 saturated carbocycles. The van der Waals surface area contributed by atoms with Gasteiger partial charge in [-0.05, 0) is 33.1 Å². The monoisotopic (exact) mass is 246 g/mol. The first-order chi connectivity index (χ1) is 7.47. The van der Waals surface area contributed by atoms with Crippen LogP contribution >= 0.6 is 11.6 Å². The number of hydrogen-bond acceptors (Lipinski definition) is 2. The highest BCUT2D eigenvalue weighted by Gasteiger charge is 2.34. The van der Waals surface area contributed by atoms with Gasteiger partial charge in [-0.2, -0.15) is 0 Å². The van der Waals surface area contributed by atoms with Gasteiger partial charge in [0.1, 0.15) is 5.38 Å². The molecule has 1 fully saturated rings. The van der Waals surface area contributed by atoms with Gasteiger partial charge >= 0.3 is 6.03 Å². The van der Waals surface area contributed by atoms with Crippen molar-refractivity contribution in [2.24, 2.45) is 0 Å². The number of imide groups is 1. The standard InChI is InChI=1S/C11H19ClN2O2/c1-4-9-6-5-7(2)14(9)11(16)13-10(15)8(3)12/h7-9H,4-6H2,1-3H3,(H,13,15,16). The van der Waals surface area contributed by atoms with E-state index in [9.17, 15) is 9.59 Å². The van der Waals surface area contributed by atoms with Crippen LogP contribution in [0.4, 0.5) is 4.79 Å². The predicted molar refractivity (Wildman–Crippen MR) is 63.5 cm³/mol. The van der Waals surface area contributed by atoms with Gasteiger partial charge in [0.15, 0.2) is 0 Å². The lowest BCUT2D eigenvalue weighted by atomic mass is 10.2. The minimum atomic E-state index is -0.679. The van der Waals surface area contributed by atoms with Crippen molar-refractivity contribution in [3.8, 4) is 0 Å². The lowest BCUT2D eigenvalue weighted by Crippen LogP contribution is -2.49. The zero-order valence-corrected chi connectivity index (χ0v) is 10.8. The average Bonchev–Trinajstić information content (AvgIpc) is 2.59. The van der Waals surface area contributed by atoms with Crippen molar-refractivity contribution in [1.82, 2.24) is 10.2 Å². The van der Waals surface area contributed by atoms with Crippen molar-refractivity contribution in [3.05, 3.63) is 0 Å². The van der Waals surface area contributed by atoms with E-state index in [-0.39, 0.29) is 18.1 Å². The molecule has 1 N–H and O–H groups in total. The first kappa shape index (κ1) is 13.3. The number of halogens is 1. The number of carbonyl (C=O) groups excluding carboxylic acids is 2. The largest absolute Gasteiger partial charge is 0.324 e. The third-order valence-electron chi connectivity index (χ3n) is 3.08. The fourth-order valence-electron chi connectivity index (χ4n) is 2.11. The van der Waals surface area contributed by atoms with Gasteiger partial charge in [0.05, 0.1) is 0 Å². The first-order valence-corrected chi connectivity index (χ1v) is 6.18. The van der Waals surface area contributed by atoms with E-state index < -0.39 is 11.3 Å². The van der Waals surface area contributed by atoms with Crippen LogP contribution in [-0.2, 0) is 4.79 Å². The van der Waals surface area contributed by atoms with Crippen LogP contribution in [0.2, 0.25) is 0 Å². The minimum Gasteiger partial charge on any atom is -0.319 e. The SMILES string of the molecule is CCC1CCC(C)N1C(=O)NC(=O)C(C)Cl. The second kappa shape index (κ2) is 5.53. The lowest BCUT2D eigenvalue weighted by Gasteiger charge is -2.27. The van der Waals surface area contributed by atoms with Crippen molar-refractivity contribution in [3.63, 3.8) is 0 Å². The third-order valence-corrected chi connectivity index (χ3v) is 3.28. The molecule has 1 saturated heterocycles. The molecular weight excluding hydrogens is 228 g/mol. The highest BCUT2D eigenvalue weighted by molar-refractivity contribution is 6.31. The van der Waals surface area contributed by atoms with Crippen LogP contribution in [-0.4, -0.2) is 34.3 Å². The average molecular weight is 247 g/mol. The second-order valence-corrected chi connectivity index (χ2v) is 4.96. The molecule has 0 aromatic heterocycles. The fourth-order valence-corrected chi connectivity index (χ4v) is 2.16. The molecule has 3 atom stereocenters. The van der Waals surface area contributed by atoms with Crippen LogP contribution in [0.5, 0.6) is 0 Å². The van der Waals surface area contributed by atoms with Crippen molar-refractivity contribution in [1.29, 1.82) is 0 Å². The zero-order chi connectivity index (χ0) is 12.3. The van der Waals surface area contributed by atoms with Gasteiger partial charge in [0, 0.05) is 12.1 Å². The summed E-state index contributed by atoms with van der Waals surface area (Å²) >= 11 is 5.60. The number of amides is 3. The number of hydrogen-bond donors (Lipinski definition) is 1. The van der Waals surface area contributed by atoms with Gasteiger partial charge in [-0.15, -0.1) is 11.6 Å². The molecule has 1 aliphatic heterocycles. The maximum Gasteiger partial charge on any atom is 0.324 e. The van der Waals surface area contributed by atoms with Gasteiger partial charge in [0.2, 0.25) is 5.91 Å². The summed E-state index contributed by atoms with van der Waals surface area (Å²) < 4.78 is 0. The van der Waals surface area contributed by atoms with E-state index in [2.05, 4.69) is 12.2 Å². The third kappa shape index (κ3) is 2.88. The quantitative estimate of drug-likeness (QED) is 0.759. The summed E-state index contributed by atoms with van der Waals surface area (Å²) in [6.07, 6.45) is 2.93. The van der Waals surface area contributed by atoms with Crippen LogP contribution < -0.4 is 5.32 Å². The highest BCUT2D eigenvalue weighted by atomic mass is 35.5. The molecule has 16 heavy (non-hydrogen) atoms. The fraction of sp³-hybridized carbons (Fsp3) is 0.818. The van der Waals surface area contributed by atoms with Gasteiger partial charge in [-0.3, -0.25) is 10.1 Å². The molecule has 3 unspecified atom stereocenters. The molecule has 0 radical (unpaired) electrons. The predicted octanol–water partition coefficient (Wildman–Crippen LogP) is 2.11. The summed E-state index contributed by atoms with van der Waals surface area (Å²) in [5.41, 5.74) is 0. The summed E-state index contributed by atoms with van der Waals surface area (Å²) in [6, 6.07) is 0.131. The molecule has 1 aliphatic rings. The normalized spacial score (nSPS) is 26.6. The van der Waals surface area contributed by atoms with Gasteiger partial charge < -0.3 is 4.90 Å². The Labute approximate surface area is 101 Å². The molecule has 3 amide bonds. The van der Waals surface area contributed by atoms with E-state index in [1.165, 1.54) is 0 Å². The van der Waals surface area contributed by atoms with Crippen LogP contribution in [0.15, 0.2) is 0 Å². The number of nitrogens with zero attached hydrogens (tertiary/aromatic N) is 1. The molecule has 0 aromatic carbocycles. The number of likely N-dealkylation sites (tertiary alicyclic amines) is 1. The van der Waals surface area contributed by atoms with Crippen molar-refractivity contribution < 1.29 is 9.59 Å². The number of nitrogens with one attached hydrogen (secondary N) is 1. The van der Waals surface area contributed by atoms with Gasteiger partial charge in [-0.25, -0.2) is 4.79 Å². The molecule has 0 bridgehead atoms. The summed E-state index contributed by atoms with van der Waals surface area (Å²) in [4.78, 5) is 25.0. The maximum atomic E-state index is 11.9. The van der Waals surface area contributed by atoms with E-state index >= 15 is 0 Å². The van der Waals surface area contributed by atoms with Crippen LogP contribution in [0, 0.1) is 0 Å². The maximum absolute atomic E-state index is 11.9. The number of urea groups is 1. The molecule has 5 heteroatoms. The van der Waals surface area contributed by atoms with E-state index in [1.807, 2.05) is 6.92 Å². The second-order valence-electron chi connectivity index (χ2n) is 4.31. The van der Waals surface area contributed by atoms with Gasteiger partial charge in [-0.1, -0.05) is 6.92 Å². The number of alkyl halides is 1. The smallest absolute Gasteiger partial charge is 0.319 e. The Morgan fingerprint density at radius 1 is 1.50 bits per heavy atom. The Kier molecular flexibility index (Phi) is 4.59. The molecule has 1 rings (SSSR count). The number of carbonyl (C=O) groups is 2. The van der Waals surface area contributed by atoms with Crippen molar-refractivity contribution in [2.45, 2.75) is 57.5 Å². The van der Waals surface area contributed by atoms with Crippen LogP contribution in [0.3, 0.4) is 0 Å². The molecule has 92 valence electrons. The molecule has 0 aromatic rings. The van der Waals surface area contributed by atoms with E-state index in [0.29, 0.717) is 0 Å². The summed E-state index contributed by atoms with van der Waals surface area (Å²) in [7, 11) is 0. The zero-order valence-electron chi connectivity index (χ0n) is 10.00. The van der Waals surface area contributed by atoms with E-state index in [4.69, 9.17) is 11.6 Å². The molecule has 1 heterocycles. The Bertz CT molecular complexity index is 281. The minimum absolute atomic E-state index is 0.198. The van der Waals surface area contributed by atoms with E-state index in [0.717, 1.165) is 19.3 Å². The Balaban J connectivity index is 2.61. The van der Waals surface area contributed by atoms with Crippen LogP contribution in [0.1, 0.15) is 40.0 Å². The summed E-state index contributed by atoms with van der Waals surface area (Å²) in [6.45, 7) is 5.60. The van der Waals surface area contributed by atoms with Crippen molar-refractivity contribution in [2.75, 3.05) is 0 Å². The molecular formula is C11H19ClN2O2. The molecule has 0 aliphatic carbocycles. The Hall–Kier alpha value is -0.770. The Morgan fingerprint density at radius 3 is 2.62 bits per heavy atom. The lowest BCUT2D eigenvalue weighted by molar-refractivity contribution is -0.119. The summed E-state index contributed by atoms with van der Waals surface area (Å²) in [5.74, 6) is -0.430.